The van der Waals surface area contributed by atoms with Gasteiger partial charge in [-0.1, -0.05) is 0 Å². The van der Waals surface area contributed by atoms with Gasteiger partial charge in [-0.25, -0.2) is 4.39 Å². The Morgan fingerprint density at radius 2 is 2.29 bits per heavy atom. The second kappa shape index (κ2) is 5.26. The maximum Gasteiger partial charge on any atom is 0.301 e. The molecule has 1 rings (SSSR count). The molecule has 80 valence electrons. The maximum absolute atomic E-state index is 12.3. The molecule has 1 heterocycles. The van der Waals surface area contributed by atoms with Crippen LogP contribution in [0.2, 0.25) is 0 Å². The van der Waals surface area contributed by atoms with Crippen LogP contribution in [0, 0.1) is 0 Å². The molecule has 0 aromatic heterocycles. The molecule has 0 aromatic carbocycles. The van der Waals surface area contributed by atoms with E-state index in [1.807, 2.05) is 0 Å². The summed E-state index contributed by atoms with van der Waals surface area (Å²) in [7, 11) is 0. The summed E-state index contributed by atoms with van der Waals surface area (Å²) >= 11 is 1.07. The van der Waals surface area contributed by atoms with Gasteiger partial charge in [-0.05, 0) is 0 Å². The van der Waals surface area contributed by atoms with E-state index in [4.69, 9.17) is 4.74 Å². The number of hydrogen-bond donors (Lipinski definition) is 1. The molecule has 0 aliphatic carbocycles. The molecule has 0 bridgehead atoms. The van der Waals surface area contributed by atoms with Gasteiger partial charge in [0, 0.05) is 12.2 Å². The van der Waals surface area contributed by atoms with Crippen molar-refractivity contribution in [2.24, 2.45) is 0 Å². The highest BCUT2D eigenvalue weighted by molar-refractivity contribution is 7.99. The Morgan fingerprint density at radius 3 is 2.79 bits per heavy atom. The molecule has 0 aromatic rings. The molecule has 1 amide bonds. The Kier molecular flexibility index (Phi) is 4.27. The molecule has 1 aliphatic rings. The topological polar surface area (TPSA) is 38.3 Å². The summed E-state index contributed by atoms with van der Waals surface area (Å²) in [5, 5.41) is 2.43. The lowest BCUT2D eigenvalue weighted by Crippen LogP contribution is -2.23. The number of halogens is 3. The molecular formula is C7H8F3NO2S. The summed E-state index contributed by atoms with van der Waals surface area (Å²) in [6.07, 6.45) is -2.65. The lowest BCUT2D eigenvalue weighted by Gasteiger charge is -2.07. The predicted octanol–water partition coefficient (Wildman–Crippen LogP) is 1.62. The first kappa shape index (κ1) is 11.4. The van der Waals surface area contributed by atoms with Crippen LogP contribution in [0.5, 0.6) is 0 Å². The summed E-state index contributed by atoms with van der Waals surface area (Å²) in [5.74, 6) is -1.54. The molecule has 0 saturated carbocycles. The number of carbonyl (C=O) groups is 1. The van der Waals surface area contributed by atoms with Gasteiger partial charge in [0.25, 0.3) is 0 Å². The van der Waals surface area contributed by atoms with Crippen molar-refractivity contribution in [3.05, 3.63) is 11.9 Å². The van der Waals surface area contributed by atoms with Crippen LogP contribution in [0.15, 0.2) is 11.9 Å². The normalized spacial score (nSPS) is 20.8. The number of carbonyl (C=O) groups excluding carboxylic acids is 1. The van der Waals surface area contributed by atoms with Crippen LogP contribution >= 0.6 is 11.8 Å². The number of allylic oxidation sites excluding steroid dienone is 1. The maximum atomic E-state index is 12.3. The third-order valence-corrected chi connectivity index (χ3v) is 2.44. The summed E-state index contributed by atoms with van der Waals surface area (Å²) in [5.41, 5.74) is -0.544. The molecule has 0 spiro atoms. The van der Waals surface area contributed by atoms with E-state index in [9.17, 15) is 18.0 Å². The van der Waals surface area contributed by atoms with Crippen LogP contribution in [0.4, 0.5) is 13.2 Å². The highest BCUT2D eigenvalue weighted by Crippen LogP contribution is 2.20. The van der Waals surface area contributed by atoms with E-state index in [0.717, 1.165) is 11.8 Å². The van der Waals surface area contributed by atoms with E-state index >= 15 is 0 Å². The largest absolute Gasteiger partial charge is 0.339 e. The quantitative estimate of drug-likeness (QED) is 0.793. The van der Waals surface area contributed by atoms with Crippen LogP contribution in [0.25, 0.3) is 0 Å². The van der Waals surface area contributed by atoms with E-state index in [1.54, 1.807) is 0 Å². The van der Waals surface area contributed by atoms with Gasteiger partial charge in [-0.3, -0.25) is 4.79 Å². The minimum absolute atomic E-state index is 0.0343. The highest BCUT2D eigenvalue weighted by Gasteiger charge is 2.21. The van der Waals surface area contributed by atoms with E-state index in [0.29, 0.717) is 0 Å². The van der Waals surface area contributed by atoms with Crippen molar-refractivity contribution in [3.8, 4) is 0 Å². The van der Waals surface area contributed by atoms with E-state index in [2.05, 4.69) is 5.32 Å². The third kappa shape index (κ3) is 3.59. The molecule has 1 N–H and O–H groups in total. The number of hydrogen-bond acceptors (Lipinski definition) is 3. The minimum atomic E-state index is -2.29. The van der Waals surface area contributed by atoms with Crippen molar-refractivity contribution >= 4 is 17.7 Å². The Hall–Kier alpha value is -0.690. The number of ether oxygens (including phenoxy) is 1. The molecule has 7 heteroatoms. The average molecular weight is 227 g/mol. The monoisotopic (exact) mass is 227 g/mol. The van der Waals surface area contributed by atoms with Gasteiger partial charge in [0.1, 0.15) is 6.61 Å². The fourth-order valence-electron chi connectivity index (χ4n) is 0.806. The molecule has 1 saturated heterocycles. The SMILES string of the molecule is O=C1COC(SCCC(F)=C(F)F)N1. The van der Waals surface area contributed by atoms with E-state index < -0.39 is 17.5 Å². The zero-order valence-electron chi connectivity index (χ0n) is 7.06. The summed E-state index contributed by atoms with van der Waals surface area (Å²) in [6, 6.07) is 0. The molecule has 1 unspecified atom stereocenters. The Bertz CT molecular complexity index is 255. The number of nitrogens with one attached hydrogen (secondary N) is 1. The average Bonchev–Trinajstić information content (AvgIpc) is 2.51. The second-order valence-corrected chi connectivity index (χ2v) is 3.67. The van der Waals surface area contributed by atoms with Crippen LogP contribution in [-0.4, -0.2) is 23.8 Å². The molecule has 1 aliphatic heterocycles. The highest BCUT2D eigenvalue weighted by atomic mass is 32.2. The van der Waals surface area contributed by atoms with Crippen LogP contribution in [0.3, 0.4) is 0 Å². The predicted molar refractivity (Wildman–Crippen MR) is 45.3 cm³/mol. The molecule has 1 fully saturated rings. The Morgan fingerprint density at radius 1 is 1.57 bits per heavy atom. The van der Waals surface area contributed by atoms with Crippen molar-refractivity contribution in [3.63, 3.8) is 0 Å². The molecule has 0 radical (unpaired) electrons. The van der Waals surface area contributed by atoms with Crippen LogP contribution in [-0.2, 0) is 9.53 Å². The van der Waals surface area contributed by atoms with Crippen molar-refractivity contribution in [1.29, 1.82) is 0 Å². The zero-order valence-corrected chi connectivity index (χ0v) is 7.87. The summed E-state index contributed by atoms with van der Waals surface area (Å²) < 4.78 is 40.3. The summed E-state index contributed by atoms with van der Waals surface area (Å²) in [4.78, 5) is 10.6. The lowest BCUT2D eigenvalue weighted by molar-refractivity contribution is -0.119. The summed E-state index contributed by atoms with van der Waals surface area (Å²) in [6.45, 7) is -0.0343. The Balaban J connectivity index is 2.16. The van der Waals surface area contributed by atoms with Crippen LogP contribution in [0.1, 0.15) is 6.42 Å². The first-order chi connectivity index (χ1) is 6.59. The number of thioether (sulfide) groups is 1. The van der Waals surface area contributed by atoms with Gasteiger partial charge in [-0.2, -0.15) is 8.78 Å². The van der Waals surface area contributed by atoms with Crippen LogP contribution < -0.4 is 5.32 Å². The number of rotatable bonds is 4. The zero-order chi connectivity index (χ0) is 10.6. The third-order valence-electron chi connectivity index (χ3n) is 1.44. The van der Waals surface area contributed by atoms with Gasteiger partial charge in [0.2, 0.25) is 5.91 Å². The Labute approximate surface area is 82.7 Å². The first-order valence-corrected chi connectivity index (χ1v) is 4.86. The lowest BCUT2D eigenvalue weighted by atomic mass is 10.4. The van der Waals surface area contributed by atoms with Crippen molar-refractivity contribution < 1.29 is 22.7 Å². The number of amides is 1. The fraction of sp³-hybridized carbons (Fsp3) is 0.571. The van der Waals surface area contributed by atoms with E-state index in [-0.39, 0.29) is 24.7 Å². The molecule has 3 nitrogen and oxygen atoms in total. The smallest absolute Gasteiger partial charge is 0.301 e. The molecule has 14 heavy (non-hydrogen) atoms. The van der Waals surface area contributed by atoms with Gasteiger partial charge >= 0.3 is 6.08 Å². The second-order valence-electron chi connectivity index (χ2n) is 2.50. The van der Waals surface area contributed by atoms with Crippen molar-refractivity contribution in [2.45, 2.75) is 12.0 Å². The van der Waals surface area contributed by atoms with Crippen molar-refractivity contribution in [1.82, 2.24) is 5.32 Å². The van der Waals surface area contributed by atoms with Gasteiger partial charge < -0.3 is 10.1 Å². The van der Waals surface area contributed by atoms with Gasteiger partial charge in [-0.15, -0.1) is 11.8 Å². The fourth-order valence-corrected chi connectivity index (χ4v) is 1.70. The van der Waals surface area contributed by atoms with Gasteiger partial charge in [0.05, 0.1) is 0 Å². The molecular weight excluding hydrogens is 219 g/mol. The standard InChI is InChI=1S/C7H8F3NO2S/c8-4(6(9)10)1-2-14-7-11-5(12)3-13-7/h7H,1-3H2,(H,11,12). The minimum Gasteiger partial charge on any atom is -0.339 e. The molecule has 1 atom stereocenters. The van der Waals surface area contributed by atoms with Crippen molar-refractivity contribution in [2.75, 3.05) is 12.4 Å². The first-order valence-electron chi connectivity index (χ1n) is 3.82. The van der Waals surface area contributed by atoms with E-state index in [1.165, 1.54) is 0 Å². The van der Waals surface area contributed by atoms with Gasteiger partial charge in [0.15, 0.2) is 11.4 Å².